The molecule has 0 bridgehead atoms. The van der Waals surface area contributed by atoms with E-state index in [1.165, 1.54) is 5.69 Å². The third-order valence-electron chi connectivity index (χ3n) is 1.27. The van der Waals surface area contributed by atoms with Crippen molar-refractivity contribution in [3.63, 3.8) is 0 Å². The van der Waals surface area contributed by atoms with Crippen molar-refractivity contribution in [2.45, 2.75) is 0 Å². The van der Waals surface area contributed by atoms with Gasteiger partial charge in [0.25, 0.3) is 0 Å². The summed E-state index contributed by atoms with van der Waals surface area (Å²) in [5, 5.41) is 13.9. The molecule has 0 heterocycles. The van der Waals surface area contributed by atoms with E-state index < -0.39 is 6.16 Å². The third-order valence-corrected chi connectivity index (χ3v) is 1.27. The van der Waals surface area contributed by atoms with Gasteiger partial charge in [-0.25, -0.2) is 4.79 Å². The SMILES string of the molecule is CN(C)c1ccccc1.O=C(O)O. The summed E-state index contributed by atoms with van der Waals surface area (Å²) in [7, 11) is 4.07. The molecule has 4 heteroatoms. The van der Waals surface area contributed by atoms with Crippen molar-refractivity contribution < 1.29 is 15.0 Å². The number of hydrogen-bond donors (Lipinski definition) is 2. The molecule has 0 aliphatic carbocycles. The Kier molecular flexibility index (Phi) is 5.11. The summed E-state index contributed by atoms with van der Waals surface area (Å²) in [6.07, 6.45) is -1.83. The van der Waals surface area contributed by atoms with E-state index >= 15 is 0 Å². The van der Waals surface area contributed by atoms with Gasteiger partial charge in [-0.1, -0.05) is 18.2 Å². The Bertz CT molecular complexity index is 242. The van der Waals surface area contributed by atoms with Crippen LogP contribution in [0, 0.1) is 0 Å². The smallest absolute Gasteiger partial charge is 0.450 e. The van der Waals surface area contributed by atoms with Crippen LogP contribution in [-0.4, -0.2) is 30.5 Å². The lowest BCUT2D eigenvalue weighted by Gasteiger charge is -2.10. The quantitative estimate of drug-likeness (QED) is 0.698. The number of carbonyl (C=O) groups is 1. The first kappa shape index (κ1) is 11.3. The highest BCUT2D eigenvalue weighted by molar-refractivity contribution is 5.53. The number of carboxylic acid groups (broad SMARTS) is 2. The maximum absolute atomic E-state index is 8.56. The number of benzene rings is 1. The van der Waals surface area contributed by atoms with Crippen LogP contribution >= 0.6 is 0 Å². The van der Waals surface area contributed by atoms with Gasteiger partial charge in [-0.05, 0) is 12.1 Å². The molecule has 0 atom stereocenters. The highest BCUT2D eigenvalue weighted by Gasteiger charge is 1.87. The predicted octanol–water partition coefficient (Wildman–Crippen LogP) is 1.98. The van der Waals surface area contributed by atoms with Gasteiger partial charge in [-0.15, -0.1) is 0 Å². The van der Waals surface area contributed by atoms with Crippen molar-refractivity contribution >= 4 is 11.8 Å². The Hall–Kier alpha value is -1.71. The van der Waals surface area contributed by atoms with E-state index in [0.29, 0.717) is 0 Å². The van der Waals surface area contributed by atoms with Gasteiger partial charge in [-0.3, -0.25) is 0 Å². The van der Waals surface area contributed by atoms with Gasteiger partial charge in [0.1, 0.15) is 0 Å². The Morgan fingerprint density at radius 3 is 1.77 bits per heavy atom. The molecule has 0 aliphatic heterocycles. The van der Waals surface area contributed by atoms with Gasteiger partial charge in [0.05, 0.1) is 0 Å². The zero-order valence-corrected chi connectivity index (χ0v) is 7.64. The second kappa shape index (κ2) is 5.88. The van der Waals surface area contributed by atoms with Crippen molar-refractivity contribution in [1.29, 1.82) is 0 Å². The fourth-order valence-electron chi connectivity index (χ4n) is 0.726. The topological polar surface area (TPSA) is 60.8 Å². The summed E-state index contributed by atoms with van der Waals surface area (Å²) < 4.78 is 0. The summed E-state index contributed by atoms with van der Waals surface area (Å²) in [4.78, 5) is 10.6. The first-order valence-electron chi connectivity index (χ1n) is 3.68. The Balaban J connectivity index is 0.000000310. The van der Waals surface area contributed by atoms with E-state index in [1.807, 2.05) is 32.3 Å². The lowest BCUT2D eigenvalue weighted by molar-refractivity contribution is 0.137. The minimum Gasteiger partial charge on any atom is -0.450 e. The average Bonchev–Trinajstić information content (AvgIpc) is 2.05. The molecule has 0 unspecified atom stereocenters. The van der Waals surface area contributed by atoms with Crippen LogP contribution in [0.5, 0.6) is 0 Å². The first-order valence-corrected chi connectivity index (χ1v) is 3.68. The molecule has 0 aromatic heterocycles. The minimum absolute atomic E-state index is 1.25. The molecule has 2 N–H and O–H groups in total. The summed E-state index contributed by atoms with van der Waals surface area (Å²) in [6.45, 7) is 0. The van der Waals surface area contributed by atoms with E-state index in [1.54, 1.807) is 0 Å². The number of rotatable bonds is 1. The van der Waals surface area contributed by atoms with Crippen LogP contribution in [0.4, 0.5) is 10.5 Å². The van der Waals surface area contributed by atoms with Gasteiger partial charge in [0.15, 0.2) is 0 Å². The molecule has 4 nitrogen and oxygen atoms in total. The first-order chi connectivity index (χ1) is 6.04. The number of anilines is 1. The maximum Gasteiger partial charge on any atom is 0.503 e. The van der Waals surface area contributed by atoms with Crippen molar-refractivity contribution in [2.24, 2.45) is 0 Å². The Morgan fingerprint density at radius 1 is 1.15 bits per heavy atom. The van der Waals surface area contributed by atoms with Crippen LogP contribution in [0.15, 0.2) is 30.3 Å². The third kappa shape index (κ3) is 6.68. The van der Waals surface area contributed by atoms with Crippen LogP contribution < -0.4 is 4.90 Å². The molecule has 72 valence electrons. The van der Waals surface area contributed by atoms with Gasteiger partial charge in [0.2, 0.25) is 0 Å². The predicted molar refractivity (Wildman–Crippen MR) is 51.4 cm³/mol. The number of hydrogen-bond acceptors (Lipinski definition) is 2. The molecule has 0 fully saturated rings. The molecule has 0 amide bonds. The number of nitrogens with zero attached hydrogens (tertiary/aromatic N) is 1. The van der Waals surface area contributed by atoms with Crippen molar-refractivity contribution in [3.8, 4) is 0 Å². The van der Waals surface area contributed by atoms with E-state index in [2.05, 4.69) is 17.0 Å². The van der Waals surface area contributed by atoms with Gasteiger partial charge >= 0.3 is 6.16 Å². The molecule has 13 heavy (non-hydrogen) atoms. The highest BCUT2D eigenvalue weighted by Crippen LogP contribution is 2.07. The molecule has 1 aromatic rings. The molecule has 1 aromatic carbocycles. The molecule has 1 rings (SSSR count). The fraction of sp³-hybridized carbons (Fsp3) is 0.222. The minimum atomic E-state index is -1.83. The van der Waals surface area contributed by atoms with E-state index in [-0.39, 0.29) is 0 Å². The molecule has 0 saturated carbocycles. The van der Waals surface area contributed by atoms with Crippen molar-refractivity contribution in [2.75, 3.05) is 19.0 Å². The second-order valence-electron chi connectivity index (χ2n) is 2.51. The van der Waals surface area contributed by atoms with Gasteiger partial charge in [-0.2, -0.15) is 0 Å². The highest BCUT2D eigenvalue weighted by atomic mass is 16.6. The molecular weight excluding hydrogens is 170 g/mol. The van der Waals surface area contributed by atoms with Crippen LogP contribution in [0.2, 0.25) is 0 Å². The van der Waals surface area contributed by atoms with E-state index in [0.717, 1.165) is 0 Å². The normalized spacial score (nSPS) is 8.15. The zero-order chi connectivity index (χ0) is 10.3. The maximum atomic E-state index is 8.56. The van der Waals surface area contributed by atoms with E-state index in [4.69, 9.17) is 15.0 Å². The largest absolute Gasteiger partial charge is 0.503 e. The Labute approximate surface area is 77.0 Å². The van der Waals surface area contributed by atoms with Crippen LogP contribution in [0.3, 0.4) is 0 Å². The summed E-state index contributed by atoms with van der Waals surface area (Å²) in [5.41, 5.74) is 1.25. The van der Waals surface area contributed by atoms with Crippen LogP contribution in [0.1, 0.15) is 0 Å². The summed E-state index contributed by atoms with van der Waals surface area (Å²) in [6, 6.07) is 10.3. The van der Waals surface area contributed by atoms with Crippen LogP contribution in [-0.2, 0) is 0 Å². The second-order valence-corrected chi connectivity index (χ2v) is 2.51. The standard InChI is InChI=1S/C8H11N.CH2O3/c1-9(2)8-6-4-3-5-7-8;2-1(3)4/h3-7H,1-2H3;(H2,2,3,4). The fourth-order valence-corrected chi connectivity index (χ4v) is 0.726. The lowest BCUT2D eigenvalue weighted by Crippen LogP contribution is -2.07. The number of para-hydroxylation sites is 1. The summed E-state index contributed by atoms with van der Waals surface area (Å²) >= 11 is 0. The average molecular weight is 183 g/mol. The lowest BCUT2D eigenvalue weighted by atomic mass is 10.3. The van der Waals surface area contributed by atoms with E-state index in [9.17, 15) is 0 Å². The van der Waals surface area contributed by atoms with Crippen molar-refractivity contribution in [1.82, 2.24) is 0 Å². The molecule has 0 saturated heterocycles. The van der Waals surface area contributed by atoms with Crippen molar-refractivity contribution in [3.05, 3.63) is 30.3 Å². The van der Waals surface area contributed by atoms with Gasteiger partial charge in [0, 0.05) is 19.8 Å². The molecule has 0 spiro atoms. The zero-order valence-electron chi connectivity index (χ0n) is 7.64. The Morgan fingerprint density at radius 2 is 1.54 bits per heavy atom. The monoisotopic (exact) mass is 183 g/mol. The molecular formula is C9H13NO3. The molecule has 0 aliphatic rings. The molecule has 0 radical (unpaired) electrons. The van der Waals surface area contributed by atoms with Gasteiger partial charge < -0.3 is 15.1 Å². The van der Waals surface area contributed by atoms with Crippen LogP contribution in [0.25, 0.3) is 0 Å². The summed E-state index contributed by atoms with van der Waals surface area (Å²) in [5.74, 6) is 0.